The number of allylic oxidation sites excluding steroid dienone is 2. The van der Waals surface area contributed by atoms with E-state index in [2.05, 4.69) is 56.3 Å². The molecule has 3 heteroatoms. The molecule has 1 unspecified atom stereocenters. The average molecular weight is 388 g/mol. The van der Waals surface area contributed by atoms with Crippen LogP contribution >= 0.6 is 0 Å². The number of Topliss-reactive ketones (excluding diaryl/α,β-unsaturated/α-hetero) is 1. The lowest BCUT2D eigenvalue weighted by molar-refractivity contribution is -0.119. The molecular weight excluding hydrogens is 358 g/mol. The van der Waals surface area contributed by atoms with Crippen molar-refractivity contribution in [1.82, 2.24) is 0 Å². The minimum Gasteiger partial charge on any atom is -0.294 e. The number of rotatable bonds is 3. The van der Waals surface area contributed by atoms with E-state index in [1.54, 1.807) is 0 Å². The third kappa shape index (κ3) is 3.55. The fourth-order valence-corrected chi connectivity index (χ4v) is 4.63. The van der Waals surface area contributed by atoms with Crippen molar-refractivity contribution in [3.05, 3.63) is 76.0 Å². The molecule has 4 rings (SSSR count). The van der Waals surface area contributed by atoms with Gasteiger partial charge in [-0.25, -0.2) is 0 Å². The van der Waals surface area contributed by atoms with Gasteiger partial charge in [0.2, 0.25) is 5.91 Å². The Morgan fingerprint density at radius 1 is 0.966 bits per heavy atom. The third-order valence-electron chi connectivity index (χ3n) is 6.29. The van der Waals surface area contributed by atoms with Crippen molar-refractivity contribution in [1.29, 1.82) is 0 Å². The molecule has 0 bridgehead atoms. The Hall–Kier alpha value is -2.68. The van der Waals surface area contributed by atoms with Gasteiger partial charge in [-0.3, -0.25) is 14.5 Å². The normalized spacial score (nSPS) is 19.8. The molecule has 1 heterocycles. The van der Waals surface area contributed by atoms with Gasteiger partial charge in [-0.1, -0.05) is 50.2 Å². The highest BCUT2D eigenvalue weighted by Crippen LogP contribution is 2.44. The van der Waals surface area contributed by atoms with Crippen molar-refractivity contribution in [3.63, 3.8) is 0 Å². The van der Waals surface area contributed by atoms with E-state index in [4.69, 9.17) is 0 Å². The molecule has 2 aromatic carbocycles. The molecule has 150 valence electrons. The molecule has 0 saturated heterocycles. The van der Waals surface area contributed by atoms with Gasteiger partial charge in [0.25, 0.3) is 0 Å². The molecule has 1 amide bonds. The molecule has 1 atom stereocenters. The lowest BCUT2D eigenvalue weighted by Crippen LogP contribution is -2.41. The first-order chi connectivity index (χ1) is 13.9. The summed E-state index contributed by atoms with van der Waals surface area (Å²) in [5, 5.41) is 0. The molecule has 0 radical (unpaired) electrons. The molecule has 1 aliphatic carbocycles. The van der Waals surface area contributed by atoms with Crippen molar-refractivity contribution < 1.29 is 9.59 Å². The van der Waals surface area contributed by atoms with E-state index in [0.717, 1.165) is 46.5 Å². The zero-order valence-electron chi connectivity index (χ0n) is 17.8. The fourth-order valence-electron chi connectivity index (χ4n) is 4.63. The van der Waals surface area contributed by atoms with Crippen LogP contribution in [0, 0.1) is 13.8 Å². The van der Waals surface area contributed by atoms with E-state index >= 15 is 0 Å². The number of ketones is 1. The van der Waals surface area contributed by atoms with Crippen LogP contribution in [-0.2, 0) is 9.59 Å². The van der Waals surface area contributed by atoms with Crippen molar-refractivity contribution in [2.45, 2.75) is 65.2 Å². The Bertz CT molecular complexity index is 998. The summed E-state index contributed by atoms with van der Waals surface area (Å²) >= 11 is 0. The number of benzene rings is 2. The zero-order chi connectivity index (χ0) is 20.7. The molecule has 2 aromatic rings. The number of carbonyl (C=O) groups is 2. The van der Waals surface area contributed by atoms with Crippen LogP contribution in [0.15, 0.2) is 53.7 Å². The van der Waals surface area contributed by atoms with Gasteiger partial charge in [-0.05, 0) is 60.9 Å². The van der Waals surface area contributed by atoms with E-state index in [9.17, 15) is 9.59 Å². The molecule has 0 spiro atoms. The second-order valence-electron chi connectivity index (χ2n) is 8.73. The number of carbonyl (C=O) groups excluding carboxylic acids is 2. The molecule has 0 fully saturated rings. The quantitative estimate of drug-likeness (QED) is 0.652. The standard InChI is InChI=1S/C26H29NO2/c1-16(2)19-10-12-20(13-11-19)21-15-25(29)27(22-6-5-7-24(28)26(21)22)23-14-17(3)8-9-18(23)4/h8-14,16,21H,5-7,15H2,1-4H3. The van der Waals surface area contributed by atoms with Gasteiger partial charge in [0.15, 0.2) is 5.78 Å². The average Bonchev–Trinajstić information content (AvgIpc) is 2.70. The van der Waals surface area contributed by atoms with Gasteiger partial charge < -0.3 is 0 Å². The van der Waals surface area contributed by atoms with Gasteiger partial charge in [0.1, 0.15) is 0 Å². The Kier molecular flexibility index (Phi) is 5.16. The minimum atomic E-state index is -0.132. The van der Waals surface area contributed by atoms with Crippen LogP contribution in [0.3, 0.4) is 0 Å². The van der Waals surface area contributed by atoms with Crippen LogP contribution in [-0.4, -0.2) is 11.7 Å². The van der Waals surface area contributed by atoms with Crippen LogP contribution in [0.4, 0.5) is 5.69 Å². The summed E-state index contributed by atoms with van der Waals surface area (Å²) in [5.74, 6) is 0.618. The predicted molar refractivity (Wildman–Crippen MR) is 117 cm³/mol. The van der Waals surface area contributed by atoms with Crippen LogP contribution in [0.25, 0.3) is 0 Å². The van der Waals surface area contributed by atoms with Gasteiger partial charge >= 0.3 is 0 Å². The fraction of sp³-hybridized carbons (Fsp3) is 0.385. The van der Waals surface area contributed by atoms with E-state index in [1.807, 2.05) is 18.7 Å². The topological polar surface area (TPSA) is 37.4 Å². The first kappa shape index (κ1) is 19.6. The number of nitrogens with zero attached hydrogens (tertiary/aromatic N) is 1. The van der Waals surface area contributed by atoms with E-state index < -0.39 is 0 Å². The summed E-state index contributed by atoms with van der Waals surface area (Å²) in [6.07, 6.45) is 2.51. The summed E-state index contributed by atoms with van der Waals surface area (Å²) < 4.78 is 0. The van der Waals surface area contributed by atoms with Crippen LogP contribution in [0.5, 0.6) is 0 Å². The van der Waals surface area contributed by atoms with Gasteiger partial charge in [0.05, 0.1) is 5.69 Å². The van der Waals surface area contributed by atoms with Gasteiger partial charge in [-0.2, -0.15) is 0 Å². The SMILES string of the molecule is Cc1ccc(C)c(N2C(=O)CC(c3ccc(C(C)C)cc3)C3=C2CCCC3=O)c1. The maximum atomic E-state index is 13.4. The molecular formula is C26H29NO2. The summed E-state index contributed by atoms with van der Waals surface area (Å²) in [5.41, 5.74) is 7.23. The van der Waals surface area contributed by atoms with Crippen molar-refractivity contribution in [2.24, 2.45) is 0 Å². The molecule has 0 saturated carbocycles. The Morgan fingerprint density at radius 2 is 1.69 bits per heavy atom. The number of hydrogen-bond acceptors (Lipinski definition) is 2. The summed E-state index contributed by atoms with van der Waals surface area (Å²) in [6, 6.07) is 14.7. The molecule has 1 aliphatic heterocycles. The first-order valence-corrected chi connectivity index (χ1v) is 10.6. The summed E-state index contributed by atoms with van der Waals surface area (Å²) in [6.45, 7) is 8.42. The lowest BCUT2D eigenvalue weighted by Gasteiger charge is -2.39. The molecule has 3 nitrogen and oxygen atoms in total. The highest BCUT2D eigenvalue weighted by atomic mass is 16.2. The maximum absolute atomic E-state index is 13.4. The van der Waals surface area contributed by atoms with Crippen LogP contribution in [0.2, 0.25) is 0 Å². The summed E-state index contributed by atoms with van der Waals surface area (Å²) in [4.78, 5) is 28.2. The predicted octanol–water partition coefficient (Wildman–Crippen LogP) is 5.95. The number of anilines is 1. The Balaban J connectivity index is 1.83. The minimum absolute atomic E-state index is 0.0880. The smallest absolute Gasteiger partial charge is 0.232 e. The molecule has 29 heavy (non-hydrogen) atoms. The van der Waals surface area contributed by atoms with E-state index in [1.165, 1.54) is 5.56 Å². The number of aryl methyl sites for hydroxylation is 2. The first-order valence-electron chi connectivity index (χ1n) is 10.6. The molecule has 0 N–H and O–H groups in total. The highest BCUT2D eigenvalue weighted by molar-refractivity contribution is 6.07. The van der Waals surface area contributed by atoms with Gasteiger partial charge in [-0.15, -0.1) is 0 Å². The maximum Gasteiger partial charge on any atom is 0.232 e. The lowest BCUT2D eigenvalue weighted by atomic mass is 9.76. The van der Waals surface area contributed by atoms with Gasteiger partial charge in [0, 0.05) is 30.0 Å². The second-order valence-corrected chi connectivity index (χ2v) is 8.73. The van der Waals surface area contributed by atoms with Crippen molar-refractivity contribution in [3.8, 4) is 0 Å². The second kappa shape index (κ2) is 7.62. The van der Waals surface area contributed by atoms with Crippen LogP contribution in [0.1, 0.15) is 73.6 Å². The molecule has 2 aliphatic rings. The Morgan fingerprint density at radius 3 is 2.38 bits per heavy atom. The summed E-state index contributed by atoms with van der Waals surface area (Å²) in [7, 11) is 0. The van der Waals surface area contributed by atoms with Crippen molar-refractivity contribution in [2.75, 3.05) is 4.90 Å². The number of hydrogen-bond donors (Lipinski definition) is 0. The Labute approximate surface area is 173 Å². The van der Waals surface area contributed by atoms with Crippen LogP contribution < -0.4 is 4.90 Å². The van der Waals surface area contributed by atoms with E-state index in [-0.39, 0.29) is 17.6 Å². The van der Waals surface area contributed by atoms with E-state index in [0.29, 0.717) is 18.8 Å². The highest BCUT2D eigenvalue weighted by Gasteiger charge is 2.40. The largest absolute Gasteiger partial charge is 0.294 e. The zero-order valence-corrected chi connectivity index (χ0v) is 17.8. The van der Waals surface area contributed by atoms with Crippen molar-refractivity contribution >= 4 is 17.4 Å². The molecule has 0 aromatic heterocycles. The number of amides is 1. The third-order valence-corrected chi connectivity index (χ3v) is 6.29. The monoisotopic (exact) mass is 387 g/mol.